The van der Waals surface area contributed by atoms with Crippen molar-refractivity contribution in [2.24, 2.45) is 5.92 Å². The number of aliphatic hydroxyl groups is 2. The van der Waals surface area contributed by atoms with Gasteiger partial charge >= 0.3 is 0 Å². The number of aliphatic hydroxyl groups excluding tert-OH is 1. The molecule has 0 atom stereocenters. The molecule has 3 fully saturated rings. The summed E-state index contributed by atoms with van der Waals surface area (Å²) in [4.78, 5) is 4.74. The molecule has 2 aliphatic heterocycles. The minimum absolute atomic E-state index is 0.0229. The lowest BCUT2D eigenvalue weighted by Gasteiger charge is -2.42. The van der Waals surface area contributed by atoms with E-state index in [4.69, 9.17) is 23.2 Å². The quantitative estimate of drug-likeness (QED) is 0.595. The SMILES string of the molecule is OC(O)C1CCN(Cc2ccc(C3CN(c4c(Cl)cccc4Cl)C3)cc2C2CC2)CC1. The molecule has 0 amide bonds. The topological polar surface area (TPSA) is 46.9 Å². The number of rotatable bonds is 6. The number of benzene rings is 2. The van der Waals surface area contributed by atoms with Crippen LogP contribution in [-0.4, -0.2) is 47.6 Å². The lowest BCUT2D eigenvalue weighted by atomic mass is 9.87. The molecule has 0 bridgehead atoms. The van der Waals surface area contributed by atoms with E-state index < -0.39 is 6.29 Å². The molecule has 2 aromatic carbocycles. The van der Waals surface area contributed by atoms with Gasteiger partial charge < -0.3 is 15.1 Å². The van der Waals surface area contributed by atoms with Gasteiger partial charge in [-0.25, -0.2) is 0 Å². The minimum Gasteiger partial charge on any atom is -0.368 e. The standard InChI is InChI=1S/C25H30Cl2N2O2/c26-22-2-1-3-23(27)24(22)29-14-20(15-29)18-6-7-19(21(12-18)16-4-5-16)13-28-10-8-17(9-11-28)25(30)31/h1-3,6-7,12,16-17,20,25,30-31H,4-5,8-11,13-15H2. The second-order valence-corrected chi connectivity index (χ2v) is 10.2. The average Bonchev–Trinajstić information content (AvgIpc) is 3.55. The van der Waals surface area contributed by atoms with Gasteiger partial charge in [0.25, 0.3) is 0 Å². The predicted octanol–water partition coefficient (Wildman–Crippen LogP) is 5.00. The molecule has 6 heteroatoms. The van der Waals surface area contributed by atoms with Gasteiger partial charge in [0, 0.05) is 31.5 Å². The smallest absolute Gasteiger partial charge is 0.154 e. The van der Waals surface area contributed by atoms with Crippen molar-refractivity contribution in [1.29, 1.82) is 0 Å². The van der Waals surface area contributed by atoms with E-state index in [0.717, 1.165) is 61.3 Å². The summed E-state index contributed by atoms with van der Waals surface area (Å²) in [6, 6.07) is 12.8. The van der Waals surface area contributed by atoms with Crippen molar-refractivity contribution in [1.82, 2.24) is 4.90 Å². The fourth-order valence-electron chi connectivity index (χ4n) is 5.10. The zero-order chi connectivity index (χ0) is 21.5. The van der Waals surface area contributed by atoms with Crippen LogP contribution in [-0.2, 0) is 6.54 Å². The van der Waals surface area contributed by atoms with E-state index in [2.05, 4.69) is 28.0 Å². The minimum atomic E-state index is -1.17. The van der Waals surface area contributed by atoms with Crippen LogP contribution in [0.2, 0.25) is 10.0 Å². The van der Waals surface area contributed by atoms with Crippen LogP contribution in [0, 0.1) is 5.92 Å². The first-order valence-corrected chi connectivity index (χ1v) is 12.2. The zero-order valence-electron chi connectivity index (χ0n) is 17.7. The first kappa shape index (κ1) is 21.5. The Balaban J connectivity index is 1.26. The maximum atomic E-state index is 9.43. The van der Waals surface area contributed by atoms with Gasteiger partial charge in [-0.1, -0.05) is 47.5 Å². The van der Waals surface area contributed by atoms with Crippen molar-refractivity contribution < 1.29 is 10.2 Å². The van der Waals surface area contributed by atoms with E-state index in [0.29, 0.717) is 11.8 Å². The van der Waals surface area contributed by atoms with E-state index in [-0.39, 0.29) is 5.92 Å². The summed E-state index contributed by atoms with van der Waals surface area (Å²) in [5, 5.41) is 20.3. The van der Waals surface area contributed by atoms with E-state index in [9.17, 15) is 10.2 Å². The van der Waals surface area contributed by atoms with Crippen molar-refractivity contribution in [2.45, 2.75) is 50.4 Å². The number of hydrogen-bond donors (Lipinski definition) is 2. The Morgan fingerprint density at radius 3 is 2.19 bits per heavy atom. The summed E-state index contributed by atoms with van der Waals surface area (Å²) < 4.78 is 0. The Labute approximate surface area is 194 Å². The van der Waals surface area contributed by atoms with Gasteiger partial charge in [-0.15, -0.1) is 0 Å². The number of para-hydroxylation sites is 1. The van der Waals surface area contributed by atoms with E-state index in [1.165, 1.54) is 29.5 Å². The lowest BCUT2D eigenvalue weighted by Crippen LogP contribution is -2.45. The van der Waals surface area contributed by atoms with E-state index in [1.54, 1.807) is 0 Å². The number of likely N-dealkylation sites (tertiary alicyclic amines) is 1. The molecule has 2 saturated heterocycles. The Morgan fingerprint density at radius 1 is 0.903 bits per heavy atom. The summed E-state index contributed by atoms with van der Waals surface area (Å²) in [5.74, 6) is 1.25. The fourth-order valence-corrected chi connectivity index (χ4v) is 5.74. The highest BCUT2D eigenvalue weighted by Crippen LogP contribution is 2.45. The van der Waals surface area contributed by atoms with Crippen LogP contribution in [0.3, 0.4) is 0 Å². The van der Waals surface area contributed by atoms with Gasteiger partial charge in [0.2, 0.25) is 0 Å². The molecule has 31 heavy (non-hydrogen) atoms. The van der Waals surface area contributed by atoms with Crippen LogP contribution in [0.15, 0.2) is 36.4 Å². The molecule has 0 unspecified atom stereocenters. The molecule has 2 aromatic rings. The third-order valence-electron chi connectivity index (χ3n) is 7.24. The molecule has 1 saturated carbocycles. The lowest BCUT2D eigenvalue weighted by molar-refractivity contribution is -0.0985. The van der Waals surface area contributed by atoms with Crippen LogP contribution in [0.1, 0.15) is 54.2 Å². The van der Waals surface area contributed by atoms with Crippen molar-refractivity contribution in [2.75, 3.05) is 31.1 Å². The third-order valence-corrected chi connectivity index (χ3v) is 7.85. The molecular weight excluding hydrogens is 431 g/mol. The third kappa shape index (κ3) is 4.60. The first-order valence-electron chi connectivity index (χ1n) is 11.4. The van der Waals surface area contributed by atoms with E-state index >= 15 is 0 Å². The first-order chi connectivity index (χ1) is 15.0. The van der Waals surface area contributed by atoms with Crippen LogP contribution < -0.4 is 4.90 Å². The predicted molar refractivity (Wildman–Crippen MR) is 126 cm³/mol. The highest BCUT2D eigenvalue weighted by molar-refractivity contribution is 6.39. The van der Waals surface area contributed by atoms with Gasteiger partial charge in [0.1, 0.15) is 0 Å². The summed E-state index contributed by atoms with van der Waals surface area (Å²) in [6.07, 6.45) is 3.13. The molecule has 0 spiro atoms. The Morgan fingerprint density at radius 2 is 1.58 bits per heavy atom. The van der Waals surface area contributed by atoms with Crippen molar-refractivity contribution >= 4 is 28.9 Å². The van der Waals surface area contributed by atoms with Crippen molar-refractivity contribution in [3.05, 3.63) is 63.1 Å². The molecule has 0 radical (unpaired) electrons. The summed E-state index contributed by atoms with van der Waals surface area (Å²) in [6.45, 7) is 4.73. The zero-order valence-corrected chi connectivity index (χ0v) is 19.2. The average molecular weight is 461 g/mol. The highest BCUT2D eigenvalue weighted by Gasteiger charge is 2.33. The Hall–Kier alpha value is -1.30. The largest absolute Gasteiger partial charge is 0.368 e. The second kappa shape index (κ2) is 8.92. The number of piperidine rings is 1. The molecule has 2 heterocycles. The number of nitrogens with zero attached hydrogens (tertiary/aromatic N) is 2. The van der Waals surface area contributed by atoms with Crippen molar-refractivity contribution in [3.63, 3.8) is 0 Å². The Kier molecular flexibility index (Phi) is 6.19. The number of hydrogen-bond acceptors (Lipinski definition) is 4. The molecule has 166 valence electrons. The van der Waals surface area contributed by atoms with Gasteiger partial charge in [-0.3, -0.25) is 4.90 Å². The van der Waals surface area contributed by atoms with Crippen LogP contribution in [0.25, 0.3) is 0 Å². The van der Waals surface area contributed by atoms with Crippen LogP contribution in [0.5, 0.6) is 0 Å². The van der Waals surface area contributed by atoms with E-state index in [1.807, 2.05) is 18.2 Å². The summed E-state index contributed by atoms with van der Waals surface area (Å²) >= 11 is 12.8. The fraction of sp³-hybridized carbons (Fsp3) is 0.520. The Bertz CT molecular complexity index is 913. The summed E-state index contributed by atoms with van der Waals surface area (Å²) in [7, 11) is 0. The normalized spacial score (nSPS) is 21.0. The molecule has 1 aliphatic carbocycles. The van der Waals surface area contributed by atoms with Gasteiger partial charge in [0.15, 0.2) is 6.29 Å². The van der Waals surface area contributed by atoms with Gasteiger partial charge in [-0.05, 0) is 73.5 Å². The van der Waals surface area contributed by atoms with Crippen molar-refractivity contribution in [3.8, 4) is 0 Å². The van der Waals surface area contributed by atoms with Crippen LogP contribution in [0.4, 0.5) is 5.69 Å². The monoisotopic (exact) mass is 460 g/mol. The van der Waals surface area contributed by atoms with Gasteiger partial charge in [-0.2, -0.15) is 0 Å². The molecule has 3 aliphatic rings. The molecule has 2 N–H and O–H groups in total. The molecule has 0 aromatic heterocycles. The van der Waals surface area contributed by atoms with Gasteiger partial charge in [0.05, 0.1) is 15.7 Å². The van der Waals surface area contributed by atoms with Crippen LogP contribution >= 0.6 is 23.2 Å². The maximum absolute atomic E-state index is 9.43. The molecule has 5 rings (SSSR count). The summed E-state index contributed by atoms with van der Waals surface area (Å²) in [5.41, 5.74) is 5.35. The highest BCUT2D eigenvalue weighted by atomic mass is 35.5. The number of anilines is 1. The molecular formula is C25H30Cl2N2O2. The number of halogens is 2. The maximum Gasteiger partial charge on any atom is 0.154 e. The second-order valence-electron chi connectivity index (χ2n) is 9.43. The molecule has 4 nitrogen and oxygen atoms in total.